The maximum Gasteiger partial charge on any atom is 0.416 e. The molecule has 1 atom stereocenters. The second-order valence-electron chi connectivity index (χ2n) is 4.38. The second kappa shape index (κ2) is 5.48. The van der Waals surface area contributed by atoms with E-state index in [1.165, 1.54) is 24.4 Å². The maximum absolute atomic E-state index is 13.0. The zero-order chi connectivity index (χ0) is 14.8. The Bertz CT molecular complexity index is 578. The lowest BCUT2D eigenvalue weighted by Crippen LogP contribution is -2.08. The summed E-state index contributed by atoms with van der Waals surface area (Å²) >= 11 is 0. The summed E-state index contributed by atoms with van der Waals surface area (Å²) in [6.07, 6.45) is -1.75. The van der Waals surface area contributed by atoms with Gasteiger partial charge in [0.2, 0.25) is 0 Å². The van der Waals surface area contributed by atoms with Crippen LogP contribution in [-0.2, 0) is 6.18 Å². The van der Waals surface area contributed by atoms with E-state index in [9.17, 15) is 17.6 Å². The molecule has 0 fully saturated rings. The number of aromatic nitrogens is 1. The molecule has 106 valence electrons. The molecule has 0 spiro atoms. The molecule has 1 unspecified atom stereocenters. The number of nitrogens with zero attached hydrogens (tertiary/aromatic N) is 1. The van der Waals surface area contributed by atoms with E-state index in [-0.39, 0.29) is 6.04 Å². The highest BCUT2D eigenvalue weighted by atomic mass is 19.4. The van der Waals surface area contributed by atoms with E-state index in [1.807, 2.05) is 0 Å². The molecule has 0 amide bonds. The van der Waals surface area contributed by atoms with Crippen LogP contribution in [-0.4, -0.2) is 4.98 Å². The van der Waals surface area contributed by atoms with Gasteiger partial charge in [-0.25, -0.2) is 4.39 Å². The van der Waals surface area contributed by atoms with Gasteiger partial charge < -0.3 is 5.32 Å². The van der Waals surface area contributed by atoms with Crippen LogP contribution in [0.3, 0.4) is 0 Å². The lowest BCUT2D eigenvalue weighted by atomic mass is 10.1. The first-order valence-electron chi connectivity index (χ1n) is 5.90. The van der Waals surface area contributed by atoms with Gasteiger partial charge in [0.1, 0.15) is 5.82 Å². The third kappa shape index (κ3) is 3.46. The lowest BCUT2D eigenvalue weighted by molar-refractivity contribution is -0.137. The van der Waals surface area contributed by atoms with Crippen molar-refractivity contribution in [2.75, 3.05) is 5.32 Å². The minimum atomic E-state index is -4.35. The topological polar surface area (TPSA) is 24.9 Å². The fourth-order valence-electron chi connectivity index (χ4n) is 1.75. The summed E-state index contributed by atoms with van der Waals surface area (Å²) in [6, 6.07) is 5.74. The van der Waals surface area contributed by atoms with E-state index in [0.29, 0.717) is 11.3 Å². The van der Waals surface area contributed by atoms with E-state index < -0.39 is 17.6 Å². The minimum Gasteiger partial charge on any atom is -0.378 e. The SMILES string of the molecule is CC(Nc1ccc(C(F)(F)F)cc1)c1cncc(F)c1. The van der Waals surface area contributed by atoms with Crippen molar-refractivity contribution in [3.05, 3.63) is 59.7 Å². The number of benzene rings is 1. The van der Waals surface area contributed by atoms with E-state index in [1.54, 1.807) is 6.92 Å². The number of pyridine rings is 1. The first-order chi connectivity index (χ1) is 9.36. The van der Waals surface area contributed by atoms with E-state index in [2.05, 4.69) is 10.3 Å². The third-order valence-electron chi connectivity index (χ3n) is 2.82. The lowest BCUT2D eigenvalue weighted by Gasteiger charge is -2.16. The molecule has 2 aromatic rings. The highest BCUT2D eigenvalue weighted by Crippen LogP contribution is 2.30. The molecule has 0 saturated heterocycles. The standard InChI is InChI=1S/C14H12F4N2/c1-9(10-6-12(15)8-19-7-10)20-13-4-2-11(3-5-13)14(16,17)18/h2-9,20H,1H3. The average molecular weight is 284 g/mol. The molecule has 0 aliphatic rings. The smallest absolute Gasteiger partial charge is 0.378 e. The van der Waals surface area contributed by atoms with Crippen molar-refractivity contribution < 1.29 is 17.6 Å². The van der Waals surface area contributed by atoms with Crippen LogP contribution in [0.2, 0.25) is 0 Å². The number of anilines is 1. The number of halogens is 4. The van der Waals surface area contributed by atoms with Crippen LogP contribution in [0.1, 0.15) is 24.1 Å². The van der Waals surface area contributed by atoms with Crippen molar-refractivity contribution in [2.45, 2.75) is 19.1 Å². The van der Waals surface area contributed by atoms with Crippen LogP contribution in [0.5, 0.6) is 0 Å². The molecular weight excluding hydrogens is 272 g/mol. The first kappa shape index (κ1) is 14.3. The Morgan fingerprint density at radius 3 is 2.30 bits per heavy atom. The molecule has 20 heavy (non-hydrogen) atoms. The van der Waals surface area contributed by atoms with Crippen molar-refractivity contribution in [1.29, 1.82) is 0 Å². The number of rotatable bonds is 3. The van der Waals surface area contributed by atoms with Crippen molar-refractivity contribution >= 4 is 5.69 Å². The zero-order valence-electron chi connectivity index (χ0n) is 10.6. The summed E-state index contributed by atoms with van der Waals surface area (Å²) in [7, 11) is 0. The first-order valence-corrected chi connectivity index (χ1v) is 5.90. The van der Waals surface area contributed by atoms with Gasteiger partial charge in [-0.1, -0.05) is 0 Å². The van der Waals surface area contributed by atoms with Gasteiger partial charge in [-0.15, -0.1) is 0 Å². The molecule has 0 aliphatic heterocycles. The Morgan fingerprint density at radius 1 is 1.10 bits per heavy atom. The molecule has 0 saturated carbocycles. The fourth-order valence-corrected chi connectivity index (χ4v) is 1.75. The largest absolute Gasteiger partial charge is 0.416 e. The summed E-state index contributed by atoms with van der Waals surface area (Å²) < 4.78 is 50.3. The predicted octanol–water partition coefficient (Wildman–Crippen LogP) is 4.41. The molecule has 0 aliphatic carbocycles. The van der Waals surface area contributed by atoms with Gasteiger partial charge in [-0.2, -0.15) is 13.2 Å². The van der Waals surface area contributed by atoms with Crippen LogP contribution in [0.4, 0.5) is 23.2 Å². The van der Waals surface area contributed by atoms with Crippen LogP contribution in [0, 0.1) is 5.82 Å². The van der Waals surface area contributed by atoms with Gasteiger partial charge in [-0.05, 0) is 42.8 Å². The molecule has 6 heteroatoms. The van der Waals surface area contributed by atoms with Crippen LogP contribution in [0.25, 0.3) is 0 Å². The second-order valence-corrected chi connectivity index (χ2v) is 4.38. The highest BCUT2D eigenvalue weighted by Gasteiger charge is 2.29. The Morgan fingerprint density at radius 2 is 1.75 bits per heavy atom. The van der Waals surface area contributed by atoms with Crippen LogP contribution >= 0.6 is 0 Å². The number of alkyl halides is 3. The molecule has 2 rings (SSSR count). The van der Waals surface area contributed by atoms with Gasteiger partial charge in [-0.3, -0.25) is 4.98 Å². The normalized spacial score (nSPS) is 13.1. The number of nitrogens with one attached hydrogen (secondary N) is 1. The Balaban J connectivity index is 2.10. The van der Waals surface area contributed by atoms with Crippen molar-refractivity contribution in [3.63, 3.8) is 0 Å². The molecule has 0 radical (unpaired) electrons. The Labute approximate surface area is 113 Å². The quantitative estimate of drug-likeness (QED) is 0.844. The van der Waals surface area contributed by atoms with Crippen molar-refractivity contribution in [2.24, 2.45) is 0 Å². The summed E-state index contributed by atoms with van der Waals surface area (Å²) in [6.45, 7) is 1.77. The minimum absolute atomic E-state index is 0.269. The molecule has 0 bridgehead atoms. The molecular formula is C14H12F4N2. The number of hydrogen-bond donors (Lipinski definition) is 1. The molecule has 1 heterocycles. The van der Waals surface area contributed by atoms with Crippen LogP contribution in [0.15, 0.2) is 42.7 Å². The van der Waals surface area contributed by atoms with Gasteiger partial charge in [0.15, 0.2) is 0 Å². The summed E-state index contributed by atoms with van der Waals surface area (Å²) in [5.74, 6) is -0.455. The summed E-state index contributed by atoms with van der Waals surface area (Å²) in [5, 5.41) is 2.99. The molecule has 2 nitrogen and oxygen atoms in total. The van der Waals surface area contributed by atoms with Crippen molar-refractivity contribution in [1.82, 2.24) is 4.98 Å². The van der Waals surface area contributed by atoms with E-state index in [0.717, 1.165) is 18.3 Å². The van der Waals surface area contributed by atoms with Crippen molar-refractivity contribution in [3.8, 4) is 0 Å². The Kier molecular flexibility index (Phi) is 3.92. The molecule has 1 aromatic carbocycles. The molecule has 1 N–H and O–H groups in total. The van der Waals surface area contributed by atoms with Gasteiger partial charge in [0, 0.05) is 11.9 Å². The zero-order valence-corrected chi connectivity index (χ0v) is 10.6. The number of hydrogen-bond acceptors (Lipinski definition) is 2. The van der Waals surface area contributed by atoms with Crippen LogP contribution < -0.4 is 5.32 Å². The van der Waals surface area contributed by atoms with E-state index >= 15 is 0 Å². The van der Waals surface area contributed by atoms with Gasteiger partial charge in [0.25, 0.3) is 0 Å². The third-order valence-corrected chi connectivity index (χ3v) is 2.82. The summed E-state index contributed by atoms with van der Waals surface area (Å²) in [4.78, 5) is 3.73. The average Bonchev–Trinajstić information content (AvgIpc) is 2.38. The predicted molar refractivity (Wildman–Crippen MR) is 67.7 cm³/mol. The fraction of sp³-hybridized carbons (Fsp3) is 0.214. The highest BCUT2D eigenvalue weighted by molar-refractivity contribution is 5.47. The Hall–Kier alpha value is -2.11. The van der Waals surface area contributed by atoms with E-state index in [4.69, 9.17) is 0 Å². The van der Waals surface area contributed by atoms with Gasteiger partial charge in [0.05, 0.1) is 17.8 Å². The summed E-state index contributed by atoms with van der Waals surface area (Å²) in [5.41, 5.74) is 0.433. The van der Waals surface area contributed by atoms with Gasteiger partial charge >= 0.3 is 6.18 Å². The monoisotopic (exact) mass is 284 g/mol. The molecule has 1 aromatic heterocycles. The maximum atomic E-state index is 13.0.